The maximum atomic E-state index is 13.5. The van der Waals surface area contributed by atoms with E-state index in [0.717, 1.165) is 56.2 Å². The summed E-state index contributed by atoms with van der Waals surface area (Å²) in [5, 5.41) is 3.28. The van der Waals surface area contributed by atoms with E-state index in [1.54, 1.807) is 0 Å². The van der Waals surface area contributed by atoms with Gasteiger partial charge in [0, 0.05) is 23.4 Å². The number of nitrogens with one attached hydrogen (secondary N) is 1. The first-order valence-corrected chi connectivity index (χ1v) is 11.3. The Hall–Kier alpha value is -1.64. The molecule has 1 N–H and O–H groups in total. The van der Waals surface area contributed by atoms with E-state index >= 15 is 0 Å². The summed E-state index contributed by atoms with van der Waals surface area (Å²) in [6, 6.07) is 7.99. The van der Waals surface area contributed by atoms with Crippen molar-refractivity contribution in [3.63, 3.8) is 0 Å². The van der Waals surface area contributed by atoms with Crippen LogP contribution in [0.15, 0.2) is 24.3 Å². The van der Waals surface area contributed by atoms with E-state index in [-0.39, 0.29) is 23.0 Å². The van der Waals surface area contributed by atoms with Gasteiger partial charge in [-0.25, -0.2) is 0 Å². The molecule has 1 aromatic carbocycles. The smallest absolute Gasteiger partial charge is 0.230 e. The Labute approximate surface area is 171 Å². The molecule has 0 spiro atoms. The zero-order valence-electron chi connectivity index (χ0n) is 18.4. The first-order chi connectivity index (χ1) is 13.4. The van der Waals surface area contributed by atoms with E-state index in [9.17, 15) is 9.59 Å². The van der Waals surface area contributed by atoms with Gasteiger partial charge >= 0.3 is 0 Å². The monoisotopic (exact) mass is 385 g/mol. The SMILES string of the molecule is CCC(CC)CC1(C(=O)Nc2ccccc2CCC(=O)C(C)C)CCCCC1. The molecule has 1 aromatic rings. The quantitative estimate of drug-likeness (QED) is 0.496. The van der Waals surface area contributed by atoms with Crippen LogP contribution in [-0.4, -0.2) is 11.7 Å². The number of Topliss-reactive ketones (excluding diaryl/α,β-unsaturated/α-hetero) is 1. The minimum atomic E-state index is -0.226. The van der Waals surface area contributed by atoms with Crippen LogP contribution in [0.3, 0.4) is 0 Å². The molecule has 1 saturated carbocycles. The molecule has 0 radical (unpaired) electrons. The predicted octanol–water partition coefficient (Wildman–Crippen LogP) is 6.56. The number of hydrogen-bond donors (Lipinski definition) is 1. The normalized spacial score (nSPS) is 16.4. The molecule has 1 aliphatic rings. The summed E-state index contributed by atoms with van der Waals surface area (Å²) in [6.45, 7) is 8.37. The summed E-state index contributed by atoms with van der Waals surface area (Å²) < 4.78 is 0. The number of hydrogen-bond acceptors (Lipinski definition) is 2. The minimum Gasteiger partial charge on any atom is -0.325 e. The van der Waals surface area contributed by atoms with Crippen molar-refractivity contribution < 1.29 is 9.59 Å². The number of rotatable bonds is 10. The van der Waals surface area contributed by atoms with Gasteiger partial charge in [-0.1, -0.05) is 78.0 Å². The van der Waals surface area contributed by atoms with Gasteiger partial charge in [-0.2, -0.15) is 0 Å². The van der Waals surface area contributed by atoms with Crippen molar-refractivity contribution in [3.8, 4) is 0 Å². The zero-order chi connectivity index (χ0) is 20.6. The van der Waals surface area contributed by atoms with Crippen LogP contribution >= 0.6 is 0 Å². The van der Waals surface area contributed by atoms with Gasteiger partial charge in [0.05, 0.1) is 0 Å². The van der Waals surface area contributed by atoms with E-state index in [1.165, 1.54) is 6.42 Å². The zero-order valence-corrected chi connectivity index (χ0v) is 18.4. The summed E-state index contributed by atoms with van der Waals surface area (Å²) in [6.07, 6.45) is 10.0. The lowest BCUT2D eigenvalue weighted by molar-refractivity contribution is -0.128. The summed E-state index contributed by atoms with van der Waals surface area (Å²) in [7, 11) is 0. The van der Waals surface area contributed by atoms with Crippen molar-refractivity contribution in [1.82, 2.24) is 0 Å². The molecular formula is C25H39NO2. The average Bonchev–Trinajstić information content (AvgIpc) is 2.71. The summed E-state index contributed by atoms with van der Waals surface area (Å²) >= 11 is 0. The fourth-order valence-corrected chi connectivity index (χ4v) is 4.54. The van der Waals surface area contributed by atoms with Crippen LogP contribution in [0.2, 0.25) is 0 Å². The Balaban J connectivity index is 2.15. The standard InChI is InChI=1S/C25H39NO2/c1-5-20(6-2)18-25(16-10-7-11-17-25)24(28)26-22-13-9-8-12-21(22)14-15-23(27)19(3)4/h8-9,12-13,19-20H,5-7,10-11,14-18H2,1-4H3,(H,26,28). The lowest BCUT2D eigenvalue weighted by atomic mass is 9.67. The van der Waals surface area contributed by atoms with Crippen molar-refractivity contribution in [2.45, 2.75) is 91.9 Å². The molecule has 1 fully saturated rings. The molecule has 0 unspecified atom stereocenters. The molecule has 1 amide bonds. The largest absolute Gasteiger partial charge is 0.325 e. The van der Waals surface area contributed by atoms with E-state index in [2.05, 4.69) is 19.2 Å². The third kappa shape index (κ3) is 5.93. The molecule has 2 rings (SSSR count). The number of carbonyl (C=O) groups is 2. The molecule has 28 heavy (non-hydrogen) atoms. The van der Waals surface area contributed by atoms with Crippen LogP contribution < -0.4 is 5.32 Å². The minimum absolute atomic E-state index is 0.0623. The number of amides is 1. The number of benzene rings is 1. The Bertz CT molecular complexity index is 640. The average molecular weight is 386 g/mol. The highest BCUT2D eigenvalue weighted by molar-refractivity contribution is 5.96. The lowest BCUT2D eigenvalue weighted by Gasteiger charge is -2.38. The fourth-order valence-electron chi connectivity index (χ4n) is 4.54. The Morgan fingerprint density at radius 1 is 1.04 bits per heavy atom. The predicted molar refractivity (Wildman–Crippen MR) is 117 cm³/mol. The number of anilines is 1. The summed E-state index contributed by atoms with van der Waals surface area (Å²) in [4.78, 5) is 25.5. The van der Waals surface area contributed by atoms with Crippen molar-refractivity contribution in [2.24, 2.45) is 17.3 Å². The van der Waals surface area contributed by atoms with E-state index < -0.39 is 0 Å². The summed E-state index contributed by atoms with van der Waals surface area (Å²) in [5.74, 6) is 1.15. The van der Waals surface area contributed by atoms with Crippen molar-refractivity contribution in [1.29, 1.82) is 0 Å². The molecule has 3 nitrogen and oxygen atoms in total. The molecule has 0 atom stereocenters. The first-order valence-electron chi connectivity index (χ1n) is 11.3. The number of ketones is 1. The van der Waals surface area contributed by atoms with Crippen LogP contribution in [0, 0.1) is 17.3 Å². The molecule has 0 aromatic heterocycles. The first kappa shape index (κ1) is 22.6. The van der Waals surface area contributed by atoms with Gasteiger partial charge in [-0.05, 0) is 43.2 Å². The third-order valence-corrected chi connectivity index (χ3v) is 6.68. The molecule has 3 heteroatoms. The van der Waals surface area contributed by atoms with E-state index in [1.807, 2.05) is 38.1 Å². The highest BCUT2D eigenvalue weighted by Crippen LogP contribution is 2.43. The number of para-hydroxylation sites is 1. The third-order valence-electron chi connectivity index (χ3n) is 6.68. The second-order valence-electron chi connectivity index (χ2n) is 8.96. The topological polar surface area (TPSA) is 46.2 Å². The number of carbonyl (C=O) groups excluding carboxylic acids is 2. The van der Waals surface area contributed by atoms with Gasteiger partial charge in [-0.15, -0.1) is 0 Å². The number of aryl methyl sites for hydroxylation is 1. The maximum Gasteiger partial charge on any atom is 0.230 e. The Morgan fingerprint density at radius 2 is 1.68 bits per heavy atom. The highest BCUT2D eigenvalue weighted by atomic mass is 16.2. The van der Waals surface area contributed by atoms with Crippen molar-refractivity contribution >= 4 is 17.4 Å². The van der Waals surface area contributed by atoms with E-state index in [4.69, 9.17) is 0 Å². The fraction of sp³-hybridized carbons (Fsp3) is 0.680. The van der Waals surface area contributed by atoms with Crippen LogP contribution in [0.5, 0.6) is 0 Å². The molecular weight excluding hydrogens is 346 g/mol. The van der Waals surface area contributed by atoms with Gasteiger partial charge in [0.1, 0.15) is 5.78 Å². The van der Waals surface area contributed by atoms with Gasteiger partial charge in [0.25, 0.3) is 0 Å². The van der Waals surface area contributed by atoms with Crippen molar-refractivity contribution in [2.75, 3.05) is 5.32 Å². The molecule has 156 valence electrons. The van der Waals surface area contributed by atoms with Crippen molar-refractivity contribution in [3.05, 3.63) is 29.8 Å². The highest BCUT2D eigenvalue weighted by Gasteiger charge is 2.40. The lowest BCUT2D eigenvalue weighted by Crippen LogP contribution is -2.39. The van der Waals surface area contributed by atoms with Gasteiger partial charge in [0.15, 0.2) is 0 Å². The van der Waals surface area contributed by atoms with Crippen LogP contribution in [0.1, 0.15) is 91.0 Å². The Kier molecular flexibility index (Phi) is 8.72. The van der Waals surface area contributed by atoms with Gasteiger partial charge in [-0.3, -0.25) is 9.59 Å². The molecule has 0 bridgehead atoms. The van der Waals surface area contributed by atoms with Crippen LogP contribution in [0.4, 0.5) is 5.69 Å². The van der Waals surface area contributed by atoms with Crippen LogP contribution in [0.25, 0.3) is 0 Å². The second-order valence-corrected chi connectivity index (χ2v) is 8.96. The molecule has 0 aliphatic heterocycles. The van der Waals surface area contributed by atoms with Gasteiger partial charge < -0.3 is 5.32 Å². The molecule has 0 heterocycles. The maximum absolute atomic E-state index is 13.5. The Morgan fingerprint density at radius 3 is 2.29 bits per heavy atom. The van der Waals surface area contributed by atoms with Gasteiger partial charge in [0.2, 0.25) is 5.91 Å². The molecule has 1 aliphatic carbocycles. The molecule has 0 saturated heterocycles. The second kappa shape index (κ2) is 10.8. The summed E-state index contributed by atoms with van der Waals surface area (Å²) in [5.41, 5.74) is 1.73. The van der Waals surface area contributed by atoms with E-state index in [0.29, 0.717) is 18.8 Å². The van der Waals surface area contributed by atoms with Crippen LogP contribution in [-0.2, 0) is 16.0 Å².